The van der Waals surface area contributed by atoms with Crippen LogP contribution in [0.2, 0.25) is 10.0 Å². The normalized spacial score (nSPS) is 28.3. The number of amides is 7. The Labute approximate surface area is 634 Å². The van der Waals surface area contributed by atoms with E-state index in [1.165, 1.54) is 19.1 Å². The second kappa shape index (κ2) is 35.0. The van der Waals surface area contributed by atoms with E-state index in [9.17, 15) is 70.2 Å². The maximum atomic E-state index is 16.1. The molecule has 12 rings (SSSR count). The van der Waals surface area contributed by atoms with Crippen molar-refractivity contribution < 1.29 is 136 Å². The van der Waals surface area contributed by atoms with E-state index >= 15 is 19.2 Å². The maximum Gasteiger partial charge on any atom is 0.330 e. The van der Waals surface area contributed by atoms with Crippen molar-refractivity contribution in [1.82, 2.24) is 31.9 Å². The lowest BCUT2D eigenvalue weighted by molar-refractivity contribution is -0.518. The van der Waals surface area contributed by atoms with E-state index in [2.05, 4.69) is 49.6 Å². The molecular weight excluding hydrogens is 1480 g/mol. The molecule has 0 saturated carbocycles. The fraction of sp³-hybridized carbons (Fsp3) is 0.458. The third-order valence-corrected chi connectivity index (χ3v) is 19.5. The van der Waals surface area contributed by atoms with E-state index in [4.69, 9.17) is 57.4 Å². The number of carbonyl (C=O) groups is 8. The molecule has 0 unspecified atom stereocenters. The van der Waals surface area contributed by atoms with Crippen LogP contribution in [0, 0.1) is 5.92 Å². The molecular formula is C72H86Cl3N9O24. The summed E-state index contributed by atoms with van der Waals surface area (Å²) in [6, 6.07) is -0.758. The molecule has 36 heteroatoms. The Morgan fingerprint density at radius 3 is 1.96 bits per heavy atom. The van der Waals surface area contributed by atoms with Gasteiger partial charge in [-0.2, -0.15) is 0 Å². The fourth-order valence-corrected chi connectivity index (χ4v) is 13.7. The molecule has 18 atom stereocenters. The predicted octanol–water partition coefficient (Wildman–Crippen LogP) is -0.785. The van der Waals surface area contributed by atoms with Crippen LogP contribution in [0.25, 0.3) is 11.1 Å². The molecule has 5 aromatic rings. The first-order valence-corrected chi connectivity index (χ1v) is 35.3. The van der Waals surface area contributed by atoms with Crippen molar-refractivity contribution >= 4 is 76.7 Å². The summed E-state index contributed by atoms with van der Waals surface area (Å²) in [5.41, 5.74) is 5.96. The van der Waals surface area contributed by atoms with Gasteiger partial charge in [-0.3, -0.25) is 38.6 Å². The Balaban J connectivity index is 0.0000135. The van der Waals surface area contributed by atoms with Crippen LogP contribution in [0.15, 0.2) is 83.9 Å². The minimum absolute atomic E-state index is 0. The number of nitrogens with one attached hydrogen (secondary N) is 6. The van der Waals surface area contributed by atoms with E-state index in [0.717, 1.165) is 92.4 Å². The van der Waals surface area contributed by atoms with Gasteiger partial charge in [-0.1, -0.05) is 81.4 Å². The summed E-state index contributed by atoms with van der Waals surface area (Å²) in [6.45, 7) is 7.90. The molecule has 11 bridgehead atoms. The Hall–Kier alpha value is -9.20. The van der Waals surface area contributed by atoms with Crippen molar-refractivity contribution in [2.24, 2.45) is 16.6 Å². The number of fused-ring (bicyclic) bond motifs is 15. The second-order valence-electron chi connectivity index (χ2n) is 27.7. The van der Waals surface area contributed by atoms with E-state index < -0.39 is 237 Å². The van der Waals surface area contributed by atoms with Gasteiger partial charge in [-0.05, 0) is 122 Å². The lowest BCUT2D eigenvalue weighted by Gasteiger charge is -2.45. The number of carbonyl (C=O) groups excluding carboxylic acids is 7. The highest BCUT2D eigenvalue weighted by Gasteiger charge is 2.52. The number of phenols is 3. The fourth-order valence-electron chi connectivity index (χ4n) is 13.3. The lowest BCUT2D eigenvalue weighted by Crippen LogP contribution is -3.00. The number of hydrogen-bond acceptors (Lipinski definition) is 24. The topological polar surface area (TPSA) is 532 Å². The van der Waals surface area contributed by atoms with Gasteiger partial charge < -0.3 is 135 Å². The number of nitrogens with two attached hydrogens (primary N) is 1. The highest BCUT2D eigenvalue weighted by atomic mass is 35.5. The Bertz CT molecular complexity index is 4250. The first kappa shape index (κ1) is 82.8. The number of benzene rings is 5. The number of halogens is 3. The van der Waals surface area contributed by atoms with Crippen molar-refractivity contribution in [3.63, 3.8) is 0 Å². The third kappa shape index (κ3) is 18.6. The number of aliphatic carboxylic acids is 1. The van der Waals surface area contributed by atoms with Gasteiger partial charge in [0.05, 0.1) is 35.6 Å². The van der Waals surface area contributed by atoms with Crippen LogP contribution >= 0.6 is 23.2 Å². The molecule has 584 valence electrons. The largest absolute Gasteiger partial charge is 1.00 e. The number of rotatable bonds is 18. The molecule has 21 N–H and O–H groups in total. The van der Waals surface area contributed by atoms with Crippen LogP contribution < -0.4 is 70.0 Å². The number of aromatic hydroxyl groups is 3. The molecule has 7 aliphatic rings. The molecule has 7 heterocycles. The monoisotopic (exact) mass is 1570 g/mol. The number of carboxylic acid groups (broad SMARTS) is 1. The number of primary amides is 1. The average Bonchev–Trinajstić information content (AvgIpc) is 0.767. The molecule has 2 fully saturated rings. The Morgan fingerprint density at radius 2 is 1.36 bits per heavy atom. The average molecular weight is 1570 g/mol. The summed E-state index contributed by atoms with van der Waals surface area (Å²) >= 11 is 14.2. The highest BCUT2D eigenvalue weighted by molar-refractivity contribution is 6.32. The summed E-state index contributed by atoms with van der Waals surface area (Å²) in [6.07, 6.45) is -12.5. The van der Waals surface area contributed by atoms with Crippen LogP contribution in [-0.4, -0.2) is 190 Å². The molecule has 108 heavy (non-hydrogen) atoms. The van der Waals surface area contributed by atoms with Gasteiger partial charge in [0.15, 0.2) is 29.9 Å². The third-order valence-electron chi connectivity index (χ3n) is 18.9. The summed E-state index contributed by atoms with van der Waals surface area (Å²) in [5, 5.41) is 129. The highest BCUT2D eigenvalue weighted by Crippen LogP contribution is 2.50. The molecule has 33 nitrogen and oxygen atoms in total. The summed E-state index contributed by atoms with van der Waals surface area (Å²) < 4.78 is 38.6. The molecule has 2 saturated heterocycles. The number of nitrogens with zero attached hydrogens (tertiary/aromatic N) is 1. The predicted molar refractivity (Wildman–Crippen MR) is 376 cm³/mol. The number of aliphatic imine (C=N–C) groups is 1. The molecule has 0 radical (unpaired) electrons. The molecule has 0 aliphatic carbocycles. The Kier molecular flexibility index (Phi) is 26.9. The number of ether oxygens (including phenoxy) is 6. The summed E-state index contributed by atoms with van der Waals surface area (Å²) in [5.74, 6) is -16.0. The lowest BCUT2D eigenvalue weighted by atomic mass is 9.86. The number of hydrogen-bond donors (Lipinski definition) is 18. The van der Waals surface area contributed by atoms with Gasteiger partial charge in [-0.15, -0.1) is 0 Å². The number of unbranched alkanes of at least 4 members (excludes halogenated alkanes) is 4. The van der Waals surface area contributed by atoms with Crippen LogP contribution in [0.5, 0.6) is 46.0 Å². The zero-order valence-electron chi connectivity index (χ0n) is 58.9. The molecule has 5 aromatic carbocycles. The minimum Gasteiger partial charge on any atom is -1.00 e. The Morgan fingerprint density at radius 1 is 0.741 bits per heavy atom. The van der Waals surface area contributed by atoms with Gasteiger partial charge in [0, 0.05) is 22.8 Å². The van der Waals surface area contributed by atoms with E-state index in [1.54, 1.807) is 13.1 Å². The first-order chi connectivity index (χ1) is 50.7. The van der Waals surface area contributed by atoms with Gasteiger partial charge in [-0.25, -0.2) is 4.79 Å². The molecule has 0 spiro atoms. The van der Waals surface area contributed by atoms with Crippen molar-refractivity contribution in [3.8, 4) is 57.1 Å². The van der Waals surface area contributed by atoms with Gasteiger partial charge in [0.1, 0.15) is 107 Å². The quantitative estimate of drug-likeness (QED) is 0.0378. The first-order valence-electron chi connectivity index (χ1n) is 34.5. The van der Waals surface area contributed by atoms with Crippen molar-refractivity contribution in [2.75, 3.05) is 6.61 Å². The summed E-state index contributed by atoms with van der Waals surface area (Å²) in [7, 11) is 0. The maximum absolute atomic E-state index is 16.1. The van der Waals surface area contributed by atoms with Crippen LogP contribution in [-0.2, 0) is 52.6 Å². The van der Waals surface area contributed by atoms with Crippen molar-refractivity contribution in [3.05, 3.63) is 117 Å². The number of aliphatic hydroxyl groups is 6. The minimum atomic E-state index is -2.35. The van der Waals surface area contributed by atoms with Crippen LogP contribution in [0.4, 0.5) is 0 Å². The van der Waals surface area contributed by atoms with Gasteiger partial charge in [0.2, 0.25) is 53.4 Å². The smallest absolute Gasteiger partial charge is 0.330 e. The van der Waals surface area contributed by atoms with Crippen molar-refractivity contribution in [2.45, 2.75) is 195 Å². The van der Waals surface area contributed by atoms with E-state index in [-0.39, 0.29) is 58.6 Å². The standard InChI is InChI=1S/C72H85Cl2N9O24.ClH/c1-6-7-8-9-10-17-77-40(18-29(2)3)64(94)82-55-57(89)32-12-15-44(38(73)20-32)103-46-22-34-23-47(61(46)107-71-62(60(92)59(91)48(28-84)105-71)106-50-27-72(5,76)63(93)30(4)102-50)104-45-16-13-33(21-39(45)74)58(90)56-69(99)81-54(70(100)101)37-24-35(85)25-43(87)51(37)36-19-31(11-14-42(36)86)52(66(96)83-56)80-67(97)53(34)79-65(95)41(26-49(75)88)78-68(55)98;/h11-17,19-25,29-30,40-41,48,50,52-60,62-63,71,84-87,89-93H,6-10,18,26-28,76H2,1-5H3,(H2,75,88)(H,78,98)(H,79,95)(H,80,97)(H,81,99)(H,82,94)(H,83,96)(H,100,101);1H/t30-,40+,41-,48+,50-,52+,53-,54-,55+,56-,57+,58+,59+,60-,62+,63+,71-,72-;/m0./s1. The number of quaternary nitrogens is 1. The van der Waals surface area contributed by atoms with Gasteiger partial charge >= 0.3 is 5.97 Å². The number of phenolic OH excluding ortho intramolecular Hbond substituents is 3. The van der Waals surface area contributed by atoms with Gasteiger partial charge in [0.25, 0.3) is 0 Å². The number of aliphatic hydroxyl groups excluding tert-OH is 6. The van der Waals surface area contributed by atoms with E-state index in [0.29, 0.717) is 6.42 Å². The van der Waals surface area contributed by atoms with Crippen molar-refractivity contribution in [1.29, 1.82) is 0 Å². The number of carboxylic acids is 1. The second-order valence-corrected chi connectivity index (χ2v) is 28.5. The molecule has 7 amide bonds. The molecule has 7 aliphatic heterocycles. The van der Waals surface area contributed by atoms with E-state index in [1.807, 2.05) is 13.8 Å². The molecule has 0 aromatic heterocycles. The SMILES string of the molecule is CCCCCCC=N[C@H](CC(C)C)C(=O)N[C@H]1C(=O)N[C@@H](CC(N)=O)C(=O)N[C@@H]2C(=O)N[C@H]3C(=O)N[C@H](C(=O)N[C@H](C(=O)O)c4cc(O)cc(O)c4-c4cc3ccc4O)[C@H](O)c3ccc(c(Cl)c3)Oc3cc2cc(c3O[C@@H]2O[C@H](CO)[C@@H](O)[C@H](O)[C@H]2O[C@H]2C[C@](C)([NH3+])[C@H](O)[C@H](C)O2)Oc2ccc(cc2Cl)[C@H]1O.[Cl-]. The van der Waals surface area contributed by atoms with Crippen LogP contribution in [0.3, 0.4) is 0 Å². The zero-order chi connectivity index (χ0) is 77.8. The zero-order valence-corrected chi connectivity index (χ0v) is 61.2. The van der Waals surface area contributed by atoms with Crippen LogP contribution in [0.1, 0.15) is 144 Å². The summed E-state index contributed by atoms with van der Waals surface area (Å²) in [4.78, 5) is 123.